The van der Waals surface area contributed by atoms with Crippen molar-refractivity contribution in [2.45, 2.75) is 83.6 Å². The van der Waals surface area contributed by atoms with Gasteiger partial charge in [-0.2, -0.15) is 0 Å². The molecule has 0 atom stereocenters. The van der Waals surface area contributed by atoms with Crippen LogP contribution < -0.4 is 57.6 Å². The number of rotatable bonds is 8. The summed E-state index contributed by atoms with van der Waals surface area (Å²) in [6.45, 7) is 9.89. The van der Waals surface area contributed by atoms with Crippen molar-refractivity contribution in [3.05, 3.63) is 129 Å². The predicted molar refractivity (Wildman–Crippen MR) is 240 cm³/mol. The van der Waals surface area contributed by atoms with Crippen molar-refractivity contribution in [1.82, 2.24) is 24.4 Å². The molecule has 5 heterocycles. The molecule has 9 rings (SSSR count). The van der Waals surface area contributed by atoms with Gasteiger partial charge in [0.05, 0.1) is 28.6 Å². The van der Waals surface area contributed by atoms with Crippen LogP contribution in [0.4, 0.5) is 0 Å². The molecule has 1 saturated heterocycles. The van der Waals surface area contributed by atoms with E-state index in [0.29, 0.717) is 39.3 Å². The third-order valence-electron chi connectivity index (χ3n) is 10.9. The van der Waals surface area contributed by atoms with Crippen molar-refractivity contribution in [3.63, 3.8) is 0 Å². The molecule has 1 aliphatic heterocycles. The maximum absolute atomic E-state index is 12.9. The van der Waals surface area contributed by atoms with E-state index in [1.165, 1.54) is 25.2 Å². The van der Waals surface area contributed by atoms with E-state index in [4.69, 9.17) is 19.8 Å². The standard InChI is InChI=1S/C23H25BN2O5.C18H16BN3O4.C3H7N.2ClH.Mg/c1-6-29-21(28)18-14-26(20-17(19(18)27)11-8-12-25-20)16-10-7-9-15(13-16)24-30-22(2,3)23(4,5)31-24;23-16-14-5-2-8-20-17(14)22(10-15(16)18(24)21-12-6-7-12)13-4-1-3-11(9-13)19(25)26;4-3-1-2-3;;;/h7-14H,6H2,1-5H3;1-5,8-10,12,25-26H,6-7H2,(H,21,24);3H,1-2,4H2;2*1H;/q;;;;;+2/p-2. The van der Waals surface area contributed by atoms with Gasteiger partial charge in [-0.25, -0.2) is 14.8 Å². The Morgan fingerprint density at radius 3 is 1.81 bits per heavy atom. The quantitative estimate of drug-likeness (QED) is 0.0869. The molecule has 15 nitrogen and oxygen atoms in total. The molecule has 2 aliphatic carbocycles. The molecule has 0 spiro atoms. The first-order valence-electron chi connectivity index (χ1n) is 20.3. The van der Waals surface area contributed by atoms with Gasteiger partial charge in [0, 0.05) is 48.2 Å². The number of esters is 1. The number of aromatic nitrogens is 4. The largest absolute Gasteiger partial charge is 2.00 e. The van der Waals surface area contributed by atoms with Gasteiger partial charge in [-0.15, -0.1) is 0 Å². The van der Waals surface area contributed by atoms with Crippen molar-refractivity contribution < 1.29 is 58.5 Å². The number of ether oxygens (including phenoxy) is 1. The van der Waals surface area contributed by atoms with E-state index in [1.54, 1.807) is 77.0 Å². The molecule has 5 N–H and O–H groups in total. The molecule has 0 bridgehead atoms. The topological polar surface area (TPSA) is 210 Å². The fraction of sp³-hybridized carbons (Fsp3) is 0.318. The summed E-state index contributed by atoms with van der Waals surface area (Å²) >= 11 is 0. The van der Waals surface area contributed by atoms with E-state index in [1.807, 2.05) is 52.0 Å². The molecule has 4 aromatic heterocycles. The number of carbonyl (C=O) groups excluding carboxylic acids is 2. The van der Waals surface area contributed by atoms with E-state index in [9.17, 15) is 29.2 Å². The smallest absolute Gasteiger partial charge is 1.00 e. The Morgan fingerprint density at radius 2 is 1.31 bits per heavy atom. The molecular formula is C44H48B2Cl2MgN6O9. The molecule has 330 valence electrons. The fourth-order valence-electron chi connectivity index (χ4n) is 6.45. The number of fused-ring (bicyclic) bond motifs is 2. The number of hydrogen-bond acceptors (Lipinski definition) is 12. The van der Waals surface area contributed by atoms with Gasteiger partial charge in [0.25, 0.3) is 5.91 Å². The summed E-state index contributed by atoms with van der Waals surface area (Å²) in [4.78, 5) is 59.2. The Labute approximate surface area is 399 Å². The van der Waals surface area contributed by atoms with Gasteiger partial charge in [0.15, 0.2) is 0 Å². The summed E-state index contributed by atoms with van der Waals surface area (Å²) in [6, 6.07) is 21.5. The SMILES string of the molecule is CCOC(=O)c1cn(-c2cccc(B3OC(C)(C)C(C)(C)O3)c2)c2ncccc2c1=O.NC1CC1.O=C(NC1CC1)c1cn(-c2cccc(B(O)O)c2)c2ncccc2c1=O.[Cl-].[Cl-].[Mg+2]. The zero-order valence-corrected chi connectivity index (χ0v) is 39.1. The molecule has 1 amide bonds. The first-order valence-corrected chi connectivity index (χ1v) is 20.3. The van der Waals surface area contributed by atoms with Gasteiger partial charge in [-0.05, 0) is 120 Å². The zero-order chi connectivity index (χ0) is 43.6. The van der Waals surface area contributed by atoms with Crippen molar-refractivity contribution in [1.29, 1.82) is 0 Å². The van der Waals surface area contributed by atoms with Crippen LogP contribution in [0.2, 0.25) is 0 Å². The van der Waals surface area contributed by atoms with Crippen LogP contribution in [0.5, 0.6) is 0 Å². The number of nitrogens with one attached hydrogen (secondary N) is 1. The number of pyridine rings is 4. The van der Waals surface area contributed by atoms with E-state index in [-0.39, 0.29) is 77.1 Å². The Balaban J connectivity index is 0.000000249. The Bertz CT molecular complexity index is 2730. The molecular weight excluding hydrogens is 873 g/mol. The van der Waals surface area contributed by atoms with Crippen LogP contribution >= 0.6 is 0 Å². The van der Waals surface area contributed by atoms with Crippen LogP contribution in [0.1, 0.15) is 81.0 Å². The predicted octanol–water partition coefficient (Wildman–Crippen LogP) is -3.45. The molecule has 20 heteroatoms. The second-order valence-electron chi connectivity index (χ2n) is 16.2. The second kappa shape index (κ2) is 21.6. The average molecular weight is 922 g/mol. The summed E-state index contributed by atoms with van der Waals surface area (Å²) in [5.41, 5.74) is 6.78. The molecule has 2 aromatic carbocycles. The number of benzene rings is 2. The van der Waals surface area contributed by atoms with Gasteiger partial charge < -0.3 is 69.1 Å². The summed E-state index contributed by atoms with van der Waals surface area (Å²) in [7, 11) is -2.15. The van der Waals surface area contributed by atoms with E-state index in [2.05, 4.69) is 15.3 Å². The van der Waals surface area contributed by atoms with Gasteiger partial charge in [0.1, 0.15) is 22.4 Å². The first kappa shape index (κ1) is 52.0. The molecule has 6 aromatic rings. The number of hydrogen-bond donors (Lipinski definition) is 4. The zero-order valence-electron chi connectivity index (χ0n) is 36.2. The van der Waals surface area contributed by atoms with Crippen molar-refractivity contribution in [2.75, 3.05) is 6.61 Å². The fourth-order valence-corrected chi connectivity index (χ4v) is 6.45. The minimum atomic E-state index is -1.62. The molecule has 64 heavy (non-hydrogen) atoms. The van der Waals surface area contributed by atoms with E-state index < -0.39 is 42.7 Å². The van der Waals surface area contributed by atoms with Gasteiger partial charge in [-0.3, -0.25) is 14.4 Å². The normalized spacial score (nSPS) is 15.5. The Hall–Kier alpha value is -4.62. The van der Waals surface area contributed by atoms with Crippen LogP contribution in [0.3, 0.4) is 0 Å². The maximum atomic E-state index is 12.9. The van der Waals surface area contributed by atoms with Crippen LogP contribution in [-0.2, 0) is 14.0 Å². The van der Waals surface area contributed by atoms with Crippen LogP contribution in [-0.4, -0.2) is 108 Å². The molecule has 2 saturated carbocycles. The van der Waals surface area contributed by atoms with Gasteiger partial charge in [0.2, 0.25) is 10.9 Å². The minimum absolute atomic E-state index is 0. The Kier molecular flexibility index (Phi) is 17.5. The van der Waals surface area contributed by atoms with Crippen LogP contribution in [0, 0.1) is 0 Å². The van der Waals surface area contributed by atoms with Gasteiger partial charge in [-0.1, -0.05) is 24.3 Å². The third kappa shape index (κ3) is 11.6. The molecule has 0 unspecified atom stereocenters. The average Bonchev–Trinajstić information content (AvgIpc) is 4.20. The van der Waals surface area contributed by atoms with Crippen LogP contribution in [0.15, 0.2) is 107 Å². The van der Waals surface area contributed by atoms with Crippen molar-refractivity contribution >= 4 is 82.2 Å². The third-order valence-corrected chi connectivity index (χ3v) is 10.9. The van der Waals surface area contributed by atoms with Crippen molar-refractivity contribution in [2.24, 2.45) is 5.73 Å². The number of halogens is 2. The molecule has 3 aliphatic rings. The van der Waals surface area contributed by atoms with Crippen molar-refractivity contribution in [3.8, 4) is 11.4 Å². The molecule has 0 radical (unpaired) electrons. The maximum Gasteiger partial charge on any atom is 2.00 e. The van der Waals surface area contributed by atoms with Gasteiger partial charge >= 0.3 is 43.3 Å². The summed E-state index contributed by atoms with van der Waals surface area (Å²) in [6.07, 6.45) is 10.5. The van der Waals surface area contributed by atoms with Crippen LogP contribution in [0.25, 0.3) is 33.4 Å². The number of nitrogens with two attached hydrogens (primary N) is 1. The monoisotopic (exact) mass is 920 g/mol. The number of amides is 1. The Morgan fingerprint density at radius 1 is 0.812 bits per heavy atom. The van der Waals surface area contributed by atoms with E-state index >= 15 is 0 Å². The minimum Gasteiger partial charge on any atom is -1.00 e. The number of nitrogens with zero attached hydrogens (tertiary/aromatic N) is 4. The van der Waals surface area contributed by atoms with E-state index in [0.717, 1.165) is 24.0 Å². The summed E-state index contributed by atoms with van der Waals surface area (Å²) < 4.78 is 20.8. The molecule has 3 fully saturated rings. The summed E-state index contributed by atoms with van der Waals surface area (Å²) in [5, 5.41) is 22.3. The first-order chi connectivity index (χ1) is 29.1. The second-order valence-corrected chi connectivity index (χ2v) is 16.2. The number of carbonyl (C=O) groups is 2. The summed E-state index contributed by atoms with van der Waals surface area (Å²) in [5.74, 6) is -1.07.